The summed E-state index contributed by atoms with van der Waals surface area (Å²) in [6.07, 6.45) is 1.03. The first kappa shape index (κ1) is 18.1. The Labute approximate surface area is 146 Å². The molecule has 0 aliphatic rings. The van der Waals surface area contributed by atoms with E-state index in [1.807, 2.05) is 6.07 Å². The molecule has 0 aromatic heterocycles. The van der Waals surface area contributed by atoms with Gasteiger partial charge in [-0.25, -0.2) is 4.39 Å². The molecule has 2 aromatic rings. The van der Waals surface area contributed by atoms with Gasteiger partial charge in [-0.1, -0.05) is 23.7 Å². The first-order valence-electron chi connectivity index (χ1n) is 7.67. The van der Waals surface area contributed by atoms with Crippen molar-refractivity contribution in [2.75, 3.05) is 25.5 Å². The molecular weight excluding hydrogens is 331 g/mol. The first-order valence-corrected chi connectivity index (χ1v) is 8.05. The Balaban J connectivity index is 1.66. The van der Waals surface area contributed by atoms with Crippen molar-refractivity contribution in [1.82, 2.24) is 5.32 Å². The minimum Gasteiger partial charge on any atom is -0.495 e. The van der Waals surface area contributed by atoms with Gasteiger partial charge in [-0.05, 0) is 42.3 Å². The summed E-state index contributed by atoms with van der Waals surface area (Å²) in [6, 6.07) is 11.6. The number of carbonyl (C=O) groups is 1. The van der Waals surface area contributed by atoms with Crippen LogP contribution in [0.15, 0.2) is 42.5 Å². The molecule has 0 unspecified atom stereocenters. The molecule has 2 rings (SSSR count). The molecule has 2 aromatic carbocycles. The number of rotatable bonds is 8. The van der Waals surface area contributed by atoms with Crippen LogP contribution in [0.4, 0.5) is 10.1 Å². The Kier molecular flexibility index (Phi) is 6.88. The molecule has 0 fully saturated rings. The van der Waals surface area contributed by atoms with Gasteiger partial charge in [0, 0.05) is 25.2 Å². The van der Waals surface area contributed by atoms with E-state index in [-0.39, 0.29) is 11.7 Å². The molecule has 128 valence electrons. The normalized spacial score (nSPS) is 10.3. The number of carbonyl (C=O) groups excluding carboxylic acids is 1. The van der Waals surface area contributed by atoms with Gasteiger partial charge in [-0.3, -0.25) is 4.79 Å². The molecule has 0 bridgehead atoms. The van der Waals surface area contributed by atoms with Crippen LogP contribution in [-0.2, 0) is 11.2 Å². The van der Waals surface area contributed by atoms with Crippen LogP contribution >= 0.6 is 11.6 Å². The number of halogens is 2. The van der Waals surface area contributed by atoms with Crippen LogP contribution in [0.3, 0.4) is 0 Å². The van der Waals surface area contributed by atoms with Crippen molar-refractivity contribution >= 4 is 23.2 Å². The van der Waals surface area contributed by atoms with Gasteiger partial charge < -0.3 is 15.4 Å². The smallest absolute Gasteiger partial charge is 0.221 e. The van der Waals surface area contributed by atoms with Crippen molar-refractivity contribution in [2.24, 2.45) is 0 Å². The topological polar surface area (TPSA) is 50.4 Å². The maximum absolute atomic E-state index is 12.8. The highest BCUT2D eigenvalue weighted by Gasteiger charge is 2.04. The standard InChI is InChI=1S/C18H20ClFN2O2/c1-24-17-7-6-15(12-16(17)19)21-11-9-18(23)22-10-8-13-2-4-14(20)5-3-13/h2-7,12,21H,8-11H2,1H3,(H,22,23). The van der Waals surface area contributed by atoms with Crippen molar-refractivity contribution in [3.05, 3.63) is 58.9 Å². The van der Waals surface area contributed by atoms with Gasteiger partial charge in [0.15, 0.2) is 0 Å². The van der Waals surface area contributed by atoms with Crippen LogP contribution in [0.25, 0.3) is 0 Å². The Morgan fingerprint density at radius 3 is 2.58 bits per heavy atom. The second-order valence-corrected chi connectivity index (χ2v) is 5.66. The van der Waals surface area contributed by atoms with Crippen LogP contribution in [0, 0.1) is 5.82 Å². The van der Waals surface area contributed by atoms with Crippen molar-refractivity contribution in [1.29, 1.82) is 0 Å². The lowest BCUT2D eigenvalue weighted by atomic mass is 10.1. The zero-order valence-electron chi connectivity index (χ0n) is 13.4. The van der Waals surface area contributed by atoms with E-state index < -0.39 is 0 Å². The van der Waals surface area contributed by atoms with E-state index in [1.165, 1.54) is 12.1 Å². The van der Waals surface area contributed by atoms with Crippen LogP contribution < -0.4 is 15.4 Å². The van der Waals surface area contributed by atoms with Crippen molar-refractivity contribution in [3.8, 4) is 5.75 Å². The zero-order valence-corrected chi connectivity index (χ0v) is 14.2. The highest BCUT2D eigenvalue weighted by atomic mass is 35.5. The average Bonchev–Trinajstić information content (AvgIpc) is 2.57. The molecule has 0 spiro atoms. The molecule has 6 heteroatoms. The van der Waals surface area contributed by atoms with Crippen LogP contribution in [0.2, 0.25) is 5.02 Å². The number of nitrogens with one attached hydrogen (secondary N) is 2. The lowest BCUT2D eigenvalue weighted by Gasteiger charge is -2.09. The summed E-state index contributed by atoms with van der Waals surface area (Å²) in [5.41, 5.74) is 1.82. The number of hydrogen-bond acceptors (Lipinski definition) is 3. The molecule has 0 saturated heterocycles. The van der Waals surface area contributed by atoms with Crippen molar-refractivity contribution in [3.63, 3.8) is 0 Å². The Hall–Kier alpha value is -2.27. The molecule has 0 aliphatic heterocycles. The highest BCUT2D eigenvalue weighted by Crippen LogP contribution is 2.27. The summed E-state index contributed by atoms with van der Waals surface area (Å²) in [5, 5.41) is 6.50. The number of ether oxygens (including phenoxy) is 1. The van der Waals surface area contributed by atoms with Gasteiger partial charge >= 0.3 is 0 Å². The van der Waals surface area contributed by atoms with E-state index in [9.17, 15) is 9.18 Å². The van der Waals surface area contributed by atoms with E-state index in [0.717, 1.165) is 11.3 Å². The summed E-state index contributed by atoms with van der Waals surface area (Å²) in [7, 11) is 1.56. The Bertz CT molecular complexity index is 677. The van der Waals surface area contributed by atoms with Gasteiger partial charge in [-0.2, -0.15) is 0 Å². The number of benzene rings is 2. The molecule has 0 aliphatic carbocycles. The second-order valence-electron chi connectivity index (χ2n) is 5.25. The first-order chi connectivity index (χ1) is 11.6. The van der Waals surface area contributed by atoms with E-state index in [0.29, 0.717) is 36.7 Å². The van der Waals surface area contributed by atoms with Gasteiger partial charge in [0.05, 0.1) is 12.1 Å². The van der Waals surface area contributed by atoms with E-state index in [1.54, 1.807) is 31.4 Å². The van der Waals surface area contributed by atoms with Gasteiger partial charge in [0.2, 0.25) is 5.91 Å². The molecule has 4 nitrogen and oxygen atoms in total. The third-order valence-electron chi connectivity index (χ3n) is 3.48. The third-order valence-corrected chi connectivity index (χ3v) is 3.78. The Morgan fingerprint density at radius 1 is 1.17 bits per heavy atom. The molecule has 0 saturated carbocycles. The van der Waals surface area contributed by atoms with Crippen LogP contribution in [0.5, 0.6) is 5.75 Å². The number of hydrogen-bond donors (Lipinski definition) is 2. The number of methoxy groups -OCH3 is 1. The maximum atomic E-state index is 12.8. The number of amides is 1. The minimum atomic E-state index is -0.257. The SMILES string of the molecule is COc1ccc(NCCC(=O)NCCc2ccc(F)cc2)cc1Cl. The van der Waals surface area contributed by atoms with E-state index in [2.05, 4.69) is 10.6 Å². The summed E-state index contributed by atoms with van der Waals surface area (Å²) < 4.78 is 17.9. The van der Waals surface area contributed by atoms with Crippen LogP contribution in [0.1, 0.15) is 12.0 Å². The fourth-order valence-electron chi connectivity index (χ4n) is 2.18. The zero-order chi connectivity index (χ0) is 17.4. The van der Waals surface area contributed by atoms with Crippen molar-refractivity contribution < 1.29 is 13.9 Å². The number of anilines is 1. The Morgan fingerprint density at radius 2 is 1.92 bits per heavy atom. The molecule has 2 N–H and O–H groups in total. The average molecular weight is 351 g/mol. The van der Waals surface area contributed by atoms with E-state index in [4.69, 9.17) is 16.3 Å². The molecule has 1 amide bonds. The van der Waals surface area contributed by atoms with Gasteiger partial charge in [0.25, 0.3) is 0 Å². The third kappa shape index (κ3) is 5.74. The highest BCUT2D eigenvalue weighted by molar-refractivity contribution is 6.32. The predicted octanol–water partition coefficient (Wildman–Crippen LogP) is 3.65. The lowest BCUT2D eigenvalue weighted by molar-refractivity contribution is -0.120. The summed E-state index contributed by atoms with van der Waals surface area (Å²) >= 11 is 6.04. The predicted molar refractivity (Wildman–Crippen MR) is 94.2 cm³/mol. The largest absolute Gasteiger partial charge is 0.495 e. The summed E-state index contributed by atoms with van der Waals surface area (Å²) in [5.74, 6) is 0.317. The monoisotopic (exact) mass is 350 g/mol. The molecule has 0 atom stereocenters. The van der Waals surface area contributed by atoms with Gasteiger partial charge in [0.1, 0.15) is 11.6 Å². The maximum Gasteiger partial charge on any atom is 0.221 e. The summed E-state index contributed by atoms with van der Waals surface area (Å²) in [4.78, 5) is 11.8. The summed E-state index contributed by atoms with van der Waals surface area (Å²) in [6.45, 7) is 1.03. The van der Waals surface area contributed by atoms with E-state index >= 15 is 0 Å². The quantitative estimate of drug-likeness (QED) is 0.764. The minimum absolute atomic E-state index is 0.0378. The molecule has 0 radical (unpaired) electrons. The molecular formula is C18H20ClFN2O2. The second kappa shape index (κ2) is 9.13. The van der Waals surface area contributed by atoms with Crippen LogP contribution in [-0.4, -0.2) is 26.1 Å². The van der Waals surface area contributed by atoms with Crippen molar-refractivity contribution in [2.45, 2.75) is 12.8 Å². The lowest BCUT2D eigenvalue weighted by Crippen LogP contribution is -2.27. The molecule has 24 heavy (non-hydrogen) atoms. The molecule has 0 heterocycles. The fraction of sp³-hybridized carbons (Fsp3) is 0.278. The fourth-order valence-corrected chi connectivity index (χ4v) is 2.44. The van der Waals surface area contributed by atoms with Gasteiger partial charge in [-0.15, -0.1) is 0 Å².